The summed E-state index contributed by atoms with van der Waals surface area (Å²) >= 11 is 0. The Kier molecular flexibility index (Phi) is 4.00. The Morgan fingerprint density at radius 2 is 1.60 bits per heavy atom. The van der Waals surface area contributed by atoms with E-state index in [1.807, 2.05) is 36.4 Å². The summed E-state index contributed by atoms with van der Waals surface area (Å²) in [4.78, 5) is 2.29. The lowest BCUT2D eigenvalue weighted by atomic mass is 10.2. The minimum atomic E-state index is -0.320. The third-order valence-corrected chi connectivity index (χ3v) is 3.74. The molecule has 2 atom stereocenters. The number of nitrogens with zero attached hydrogens (tertiary/aromatic N) is 1. The number of para-hydroxylation sites is 1. The Morgan fingerprint density at radius 3 is 2.30 bits per heavy atom. The van der Waals surface area contributed by atoms with Gasteiger partial charge in [0.05, 0.1) is 12.1 Å². The molecule has 0 amide bonds. The number of aliphatic hydroxyl groups is 1. The van der Waals surface area contributed by atoms with Gasteiger partial charge in [-0.1, -0.05) is 48.5 Å². The number of nitrogens with one attached hydrogen (secondary N) is 1. The molecule has 0 bridgehead atoms. The fraction of sp³-hybridized carbons (Fsp3) is 0.294. The zero-order valence-corrected chi connectivity index (χ0v) is 11.4. The third-order valence-electron chi connectivity index (χ3n) is 3.74. The van der Waals surface area contributed by atoms with E-state index in [0.717, 1.165) is 25.3 Å². The van der Waals surface area contributed by atoms with Crippen molar-refractivity contribution in [3.63, 3.8) is 0 Å². The first-order valence-corrected chi connectivity index (χ1v) is 7.07. The van der Waals surface area contributed by atoms with Crippen molar-refractivity contribution in [3.05, 3.63) is 66.2 Å². The van der Waals surface area contributed by atoms with Gasteiger partial charge in [-0.3, -0.25) is 4.90 Å². The van der Waals surface area contributed by atoms with E-state index in [9.17, 15) is 5.11 Å². The van der Waals surface area contributed by atoms with Crippen LogP contribution < -0.4 is 5.32 Å². The number of hydrogen-bond acceptors (Lipinski definition) is 3. The first-order valence-electron chi connectivity index (χ1n) is 7.07. The second-order valence-corrected chi connectivity index (χ2v) is 5.36. The zero-order chi connectivity index (χ0) is 13.8. The minimum Gasteiger partial charge on any atom is -0.390 e. The molecule has 0 radical (unpaired) electrons. The molecule has 2 N–H and O–H groups in total. The van der Waals surface area contributed by atoms with Crippen molar-refractivity contribution in [2.24, 2.45) is 0 Å². The van der Waals surface area contributed by atoms with Gasteiger partial charge in [0.1, 0.15) is 0 Å². The molecule has 0 unspecified atom stereocenters. The summed E-state index contributed by atoms with van der Waals surface area (Å²) < 4.78 is 0. The van der Waals surface area contributed by atoms with Crippen molar-refractivity contribution in [3.8, 4) is 0 Å². The molecule has 20 heavy (non-hydrogen) atoms. The van der Waals surface area contributed by atoms with Crippen LogP contribution in [0, 0.1) is 0 Å². The molecule has 104 valence electrons. The van der Waals surface area contributed by atoms with E-state index in [2.05, 4.69) is 34.5 Å². The predicted molar refractivity (Wildman–Crippen MR) is 81.6 cm³/mol. The molecule has 3 nitrogen and oxygen atoms in total. The van der Waals surface area contributed by atoms with Gasteiger partial charge in [-0.05, 0) is 17.7 Å². The molecule has 1 aliphatic rings. The van der Waals surface area contributed by atoms with Gasteiger partial charge in [-0.15, -0.1) is 0 Å². The lowest BCUT2D eigenvalue weighted by Gasteiger charge is -2.17. The van der Waals surface area contributed by atoms with Crippen molar-refractivity contribution in [2.45, 2.75) is 18.7 Å². The summed E-state index contributed by atoms with van der Waals surface area (Å²) in [6, 6.07) is 20.6. The SMILES string of the molecule is O[C@@H]1CN(Cc2ccccc2)C[C@H]1Nc1ccccc1. The number of β-amino-alcohol motifs (C(OH)–C–C–N with tert-alkyl or cyclic N) is 1. The van der Waals surface area contributed by atoms with Gasteiger partial charge in [0, 0.05) is 25.3 Å². The van der Waals surface area contributed by atoms with Gasteiger partial charge < -0.3 is 10.4 Å². The second kappa shape index (κ2) is 6.07. The molecule has 2 aromatic carbocycles. The smallest absolute Gasteiger partial charge is 0.0880 e. The van der Waals surface area contributed by atoms with Crippen LogP contribution in [0.25, 0.3) is 0 Å². The highest BCUT2D eigenvalue weighted by molar-refractivity contribution is 5.44. The van der Waals surface area contributed by atoms with Gasteiger partial charge in [-0.25, -0.2) is 0 Å². The van der Waals surface area contributed by atoms with Crippen LogP contribution in [0.2, 0.25) is 0 Å². The monoisotopic (exact) mass is 268 g/mol. The summed E-state index contributed by atoms with van der Waals surface area (Å²) in [5.74, 6) is 0. The first kappa shape index (κ1) is 13.2. The maximum Gasteiger partial charge on any atom is 0.0880 e. The van der Waals surface area contributed by atoms with Crippen molar-refractivity contribution in [1.82, 2.24) is 4.90 Å². The maximum absolute atomic E-state index is 10.2. The highest BCUT2D eigenvalue weighted by Gasteiger charge is 2.30. The van der Waals surface area contributed by atoms with E-state index in [-0.39, 0.29) is 12.1 Å². The molecule has 2 aromatic rings. The standard InChI is InChI=1S/C17H20N2O/c20-17-13-19(11-14-7-3-1-4-8-14)12-16(17)18-15-9-5-2-6-10-15/h1-10,16-18,20H,11-13H2/t16-,17-/m1/s1. The number of hydrogen-bond donors (Lipinski definition) is 2. The fourth-order valence-corrected chi connectivity index (χ4v) is 2.73. The van der Waals surface area contributed by atoms with Crippen molar-refractivity contribution >= 4 is 5.69 Å². The van der Waals surface area contributed by atoms with Crippen LogP contribution in [0.15, 0.2) is 60.7 Å². The van der Waals surface area contributed by atoms with Gasteiger partial charge in [0.25, 0.3) is 0 Å². The molecule has 0 saturated carbocycles. The van der Waals surface area contributed by atoms with Crippen molar-refractivity contribution in [1.29, 1.82) is 0 Å². The summed E-state index contributed by atoms with van der Waals surface area (Å²) in [6.45, 7) is 2.48. The number of anilines is 1. The highest BCUT2D eigenvalue weighted by atomic mass is 16.3. The van der Waals surface area contributed by atoms with Crippen LogP contribution in [0.4, 0.5) is 5.69 Å². The molecule has 0 spiro atoms. The first-order chi connectivity index (χ1) is 9.81. The van der Waals surface area contributed by atoms with E-state index in [1.165, 1.54) is 5.56 Å². The topological polar surface area (TPSA) is 35.5 Å². The molecule has 1 aliphatic heterocycles. The molecule has 0 aromatic heterocycles. The number of rotatable bonds is 4. The number of aliphatic hydroxyl groups excluding tert-OH is 1. The van der Waals surface area contributed by atoms with Crippen LogP contribution in [0.1, 0.15) is 5.56 Å². The van der Waals surface area contributed by atoms with Crippen LogP contribution in [-0.2, 0) is 6.54 Å². The minimum absolute atomic E-state index is 0.0983. The Bertz CT molecular complexity index is 529. The highest BCUT2D eigenvalue weighted by Crippen LogP contribution is 2.18. The zero-order valence-electron chi connectivity index (χ0n) is 11.4. The van der Waals surface area contributed by atoms with Crippen LogP contribution >= 0.6 is 0 Å². The molecule has 0 aliphatic carbocycles. The van der Waals surface area contributed by atoms with Crippen LogP contribution in [0.5, 0.6) is 0 Å². The lowest BCUT2D eigenvalue weighted by molar-refractivity contribution is 0.168. The fourth-order valence-electron chi connectivity index (χ4n) is 2.73. The molecule has 3 heteroatoms. The summed E-state index contributed by atoms with van der Waals surface area (Å²) in [6.07, 6.45) is -0.320. The third kappa shape index (κ3) is 3.18. The summed E-state index contributed by atoms with van der Waals surface area (Å²) in [5.41, 5.74) is 2.36. The van der Waals surface area contributed by atoms with Crippen LogP contribution in [-0.4, -0.2) is 35.2 Å². The Balaban J connectivity index is 1.59. The summed E-state index contributed by atoms with van der Waals surface area (Å²) in [5, 5.41) is 13.6. The van der Waals surface area contributed by atoms with Gasteiger partial charge in [0.2, 0.25) is 0 Å². The molecule has 1 fully saturated rings. The number of benzene rings is 2. The Labute approximate surface area is 119 Å². The van der Waals surface area contributed by atoms with Crippen molar-refractivity contribution in [2.75, 3.05) is 18.4 Å². The average molecular weight is 268 g/mol. The van der Waals surface area contributed by atoms with E-state index < -0.39 is 0 Å². The molecular formula is C17H20N2O. The predicted octanol–water partition coefficient (Wildman–Crippen LogP) is 2.34. The lowest BCUT2D eigenvalue weighted by Crippen LogP contribution is -2.31. The van der Waals surface area contributed by atoms with Gasteiger partial charge in [0.15, 0.2) is 0 Å². The molecular weight excluding hydrogens is 248 g/mol. The molecule has 1 saturated heterocycles. The quantitative estimate of drug-likeness (QED) is 0.893. The average Bonchev–Trinajstić information content (AvgIpc) is 2.81. The van der Waals surface area contributed by atoms with E-state index in [4.69, 9.17) is 0 Å². The molecule has 3 rings (SSSR count). The maximum atomic E-state index is 10.2. The Morgan fingerprint density at radius 1 is 0.950 bits per heavy atom. The largest absolute Gasteiger partial charge is 0.390 e. The van der Waals surface area contributed by atoms with Gasteiger partial charge >= 0.3 is 0 Å². The number of likely N-dealkylation sites (tertiary alicyclic amines) is 1. The normalized spacial score (nSPS) is 22.9. The van der Waals surface area contributed by atoms with E-state index in [1.54, 1.807) is 0 Å². The van der Waals surface area contributed by atoms with Gasteiger partial charge in [-0.2, -0.15) is 0 Å². The van der Waals surface area contributed by atoms with Crippen molar-refractivity contribution < 1.29 is 5.11 Å². The van der Waals surface area contributed by atoms with E-state index in [0.29, 0.717) is 0 Å². The Hall–Kier alpha value is -1.84. The second-order valence-electron chi connectivity index (χ2n) is 5.36. The van der Waals surface area contributed by atoms with Crippen LogP contribution in [0.3, 0.4) is 0 Å². The summed E-state index contributed by atoms with van der Waals surface area (Å²) in [7, 11) is 0. The molecule has 1 heterocycles. The van der Waals surface area contributed by atoms with E-state index >= 15 is 0 Å².